The Morgan fingerprint density at radius 2 is 1.50 bits per heavy atom. The van der Waals surface area contributed by atoms with Crippen LogP contribution in [0.25, 0.3) is 21.8 Å². The minimum Gasteiger partial charge on any atom is -0.322 e. The van der Waals surface area contributed by atoms with Gasteiger partial charge in [0.2, 0.25) is 10.0 Å². The highest BCUT2D eigenvalue weighted by Gasteiger charge is 2.11. The summed E-state index contributed by atoms with van der Waals surface area (Å²) in [5, 5.41) is 10.7. The fourth-order valence-corrected chi connectivity index (χ4v) is 4.19. The molecule has 0 radical (unpaired) electrons. The highest BCUT2D eigenvalue weighted by atomic mass is 32.2. The van der Waals surface area contributed by atoms with Crippen LogP contribution in [0.3, 0.4) is 0 Å². The van der Waals surface area contributed by atoms with E-state index >= 15 is 0 Å². The zero-order valence-electron chi connectivity index (χ0n) is 15.6. The predicted octanol–water partition coefficient (Wildman–Crippen LogP) is 4.38. The molecule has 0 aliphatic rings. The number of benzene rings is 3. The largest absolute Gasteiger partial charge is 0.322 e. The van der Waals surface area contributed by atoms with Crippen LogP contribution in [-0.4, -0.2) is 19.3 Å². The lowest BCUT2D eigenvalue weighted by atomic mass is 10.1. The molecule has 3 N–H and O–H groups in total. The standard InChI is InChI=1S/C22H17N3O3S2/c23-30(27,28)19-12-8-17(9-13-19)22-25-20(14-29-22)15-6-10-18(11-7-15)24-21(26)16-4-2-1-3-5-16/h1-14H,(H,24,26)(H2,23,27,28). The van der Waals surface area contributed by atoms with Crippen molar-refractivity contribution in [2.75, 3.05) is 5.32 Å². The number of carbonyl (C=O) groups is 1. The number of nitrogens with zero attached hydrogens (tertiary/aromatic N) is 1. The Balaban J connectivity index is 1.49. The van der Waals surface area contributed by atoms with Crippen molar-refractivity contribution < 1.29 is 13.2 Å². The zero-order valence-corrected chi connectivity index (χ0v) is 17.3. The molecule has 0 unspecified atom stereocenters. The summed E-state index contributed by atoms with van der Waals surface area (Å²) in [6.07, 6.45) is 0. The first-order chi connectivity index (χ1) is 14.4. The molecule has 6 nitrogen and oxygen atoms in total. The van der Waals surface area contributed by atoms with Gasteiger partial charge in [-0.25, -0.2) is 18.5 Å². The number of hydrogen-bond donors (Lipinski definition) is 2. The molecule has 1 amide bonds. The molecule has 4 aromatic rings. The Kier molecular flexibility index (Phi) is 5.45. The summed E-state index contributed by atoms with van der Waals surface area (Å²) in [7, 11) is -3.72. The molecule has 30 heavy (non-hydrogen) atoms. The number of sulfonamides is 1. The molecule has 4 rings (SSSR count). The molecule has 0 bridgehead atoms. The van der Waals surface area contributed by atoms with E-state index in [1.54, 1.807) is 24.3 Å². The second-order valence-electron chi connectivity index (χ2n) is 6.50. The molecule has 0 fully saturated rings. The number of primary sulfonamides is 1. The van der Waals surface area contributed by atoms with Crippen LogP contribution in [0.15, 0.2) is 89.1 Å². The number of hydrogen-bond acceptors (Lipinski definition) is 5. The van der Waals surface area contributed by atoms with Crippen LogP contribution in [0, 0.1) is 0 Å². The van der Waals surface area contributed by atoms with Gasteiger partial charge in [-0.15, -0.1) is 11.3 Å². The molecule has 1 heterocycles. The van der Waals surface area contributed by atoms with Gasteiger partial charge in [-0.05, 0) is 36.4 Å². The first-order valence-corrected chi connectivity index (χ1v) is 11.4. The zero-order chi connectivity index (χ0) is 21.1. The van der Waals surface area contributed by atoms with Gasteiger partial charge in [0.15, 0.2) is 0 Å². The van der Waals surface area contributed by atoms with E-state index in [2.05, 4.69) is 10.3 Å². The molecule has 0 atom stereocenters. The maximum Gasteiger partial charge on any atom is 0.255 e. The van der Waals surface area contributed by atoms with Crippen molar-refractivity contribution >= 4 is 33.0 Å². The van der Waals surface area contributed by atoms with Crippen LogP contribution in [0.1, 0.15) is 10.4 Å². The number of amides is 1. The Hall–Kier alpha value is -3.33. The Morgan fingerprint density at radius 1 is 0.867 bits per heavy atom. The minimum absolute atomic E-state index is 0.0659. The number of rotatable bonds is 5. The molecule has 3 aromatic carbocycles. The average Bonchev–Trinajstić information content (AvgIpc) is 3.25. The first kappa shape index (κ1) is 20.0. The van der Waals surface area contributed by atoms with Gasteiger partial charge in [-0.3, -0.25) is 4.79 Å². The molecule has 0 saturated carbocycles. The van der Waals surface area contributed by atoms with Crippen molar-refractivity contribution in [3.05, 3.63) is 89.8 Å². The second-order valence-corrected chi connectivity index (χ2v) is 8.92. The van der Waals surface area contributed by atoms with Crippen LogP contribution in [0.2, 0.25) is 0 Å². The number of nitrogens with one attached hydrogen (secondary N) is 1. The van der Waals surface area contributed by atoms with Gasteiger partial charge in [0.05, 0.1) is 10.6 Å². The van der Waals surface area contributed by atoms with E-state index in [-0.39, 0.29) is 10.8 Å². The van der Waals surface area contributed by atoms with E-state index in [1.807, 2.05) is 47.8 Å². The van der Waals surface area contributed by atoms with Crippen molar-refractivity contribution in [1.82, 2.24) is 4.98 Å². The number of carbonyl (C=O) groups excluding carboxylic acids is 1. The summed E-state index contributed by atoms with van der Waals surface area (Å²) in [6, 6.07) is 22.8. The van der Waals surface area contributed by atoms with Crippen molar-refractivity contribution in [2.45, 2.75) is 4.90 Å². The van der Waals surface area contributed by atoms with Crippen molar-refractivity contribution in [2.24, 2.45) is 5.14 Å². The van der Waals surface area contributed by atoms with Gasteiger partial charge < -0.3 is 5.32 Å². The Bertz CT molecular complexity index is 1280. The van der Waals surface area contributed by atoms with E-state index in [0.29, 0.717) is 11.3 Å². The SMILES string of the molecule is NS(=O)(=O)c1ccc(-c2nc(-c3ccc(NC(=O)c4ccccc4)cc3)cs2)cc1. The average molecular weight is 436 g/mol. The molecular formula is C22H17N3O3S2. The van der Waals surface area contributed by atoms with Gasteiger partial charge in [0.1, 0.15) is 5.01 Å². The summed E-state index contributed by atoms with van der Waals surface area (Å²) in [6.45, 7) is 0. The highest BCUT2D eigenvalue weighted by molar-refractivity contribution is 7.89. The van der Waals surface area contributed by atoms with Crippen LogP contribution < -0.4 is 10.5 Å². The third-order valence-electron chi connectivity index (χ3n) is 4.41. The van der Waals surface area contributed by atoms with E-state index in [4.69, 9.17) is 5.14 Å². The first-order valence-electron chi connectivity index (χ1n) is 8.96. The summed E-state index contributed by atoms with van der Waals surface area (Å²) >= 11 is 1.46. The molecule has 150 valence electrons. The third kappa shape index (κ3) is 4.46. The smallest absolute Gasteiger partial charge is 0.255 e. The fraction of sp³-hybridized carbons (Fsp3) is 0. The van der Waals surface area contributed by atoms with Gasteiger partial charge in [0.25, 0.3) is 5.91 Å². The molecule has 8 heteroatoms. The predicted molar refractivity (Wildman–Crippen MR) is 119 cm³/mol. The quantitative estimate of drug-likeness (QED) is 0.486. The molecular weight excluding hydrogens is 418 g/mol. The Labute approximate surface area is 178 Å². The van der Waals surface area contributed by atoms with Crippen LogP contribution in [0.5, 0.6) is 0 Å². The van der Waals surface area contributed by atoms with Crippen LogP contribution in [-0.2, 0) is 10.0 Å². The van der Waals surface area contributed by atoms with Gasteiger partial charge >= 0.3 is 0 Å². The lowest BCUT2D eigenvalue weighted by molar-refractivity contribution is 0.102. The fourth-order valence-electron chi connectivity index (χ4n) is 2.84. The monoisotopic (exact) mass is 435 g/mol. The number of thiazole rings is 1. The summed E-state index contributed by atoms with van der Waals surface area (Å²) in [5.41, 5.74) is 3.81. The molecule has 0 spiro atoms. The van der Waals surface area contributed by atoms with E-state index in [1.165, 1.54) is 23.5 Å². The van der Waals surface area contributed by atoms with Crippen LogP contribution in [0.4, 0.5) is 5.69 Å². The topological polar surface area (TPSA) is 102 Å². The third-order valence-corrected chi connectivity index (χ3v) is 6.23. The maximum atomic E-state index is 12.2. The normalized spacial score (nSPS) is 11.2. The number of anilines is 1. The second kappa shape index (κ2) is 8.19. The number of aromatic nitrogens is 1. The van der Waals surface area contributed by atoms with Crippen molar-refractivity contribution in [3.63, 3.8) is 0 Å². The van der Waals surface area contributed by atoms with Crippen molar-refractivity contribution in [1.29, 1.82) is 0 Å². The molecule has 0 aliphatic carbocycles. The lowest BCUT2D eigenvalue weighted by Gasteiger charge is -2.06. The van der Waals surface area contributed by atoms with Gasteiger partial charge in [-0.1, -0.05) is 42.5 Å². The molecule has 1 aromatic heterocycles. The summed E-state index contributed by atoms with van der Waals surface area (Å²) in [4.78, 5) is 16.9. The van der Waals surface area contributed by atoms with Crippen molar-refractivity contribution in [3.8, 4) is 21.8 Å². The molecule has 0 saturated heterocycles. The molecule has 0 aliphatic heterocycles. The van der Waals surface area contributed by atoms with Gasteiger partial charge in [-0.2, -0.15) is 0 Å². The van der Waals surface area contributed by atoms with E-state index in [0.717, 1.165) is 21.8 Å². The highest BCUT2D eigenvalue weighted by Crippen LogP contribution is 2.30. The van der Waals surface area contributed by atoms with E-state index in [9.17, 15) is 13.2 Å². The number of nitrogens with two attached hydrogens (primary N) is 1. The maximum absolute atomic E-state index is 12.2. The summed E-state index contributed by atoms with van der Waals surface area (Å²) in [5.74, 6) is -0.165. The van der Waals surface area contributed by atoms with Crippen LogP contribution >= 0.6 is 11.3 Å². The van der Waals surface area contributed by atoms with E-state index < -0.39 is 10.0 Å². The Morgan fingerprint density at radius 3 is 2.13 bits per heavy atom. The minimum atomic E-state index is -3.72. The van der Waals surface area contributed by atoms with Gasteiger partial charge in [0, 0.05) is 27.8 Å². The summed E-state index contributed by atoms with van der Waals surface area (Å²) < 4.78 is 22.8. The lowest BCUT2D eigenvalue weighted by Crippen LogP contribution is -2.11.